The average molecular weight is 464 g/mol. The molecule has 1 fully saturated rings. The van der Waals surface area contributed by atoms with Gasteiger partial charge in [0, 0.05) is 49.9 Å². The van der Waals surface area contributed by atoms with Crippen LogP contribution in [-0.4, -0.2) is 56.5 Å². The maximum Gasteiger partial charge on any atom is 0.275 e. The van der Waals surface area contributed by atoms with Crippen LogP contribution in [0.25, 0.3) is 15.5 Å². The summed E-state index contributed by atoms with van der Waals surface area (Å²) < 4.78 is 15.3. The molecule has 1 amide bonds. The van der Waals surface area contributed by atoms with Gasteiger partial charge in [0.05, 0.1) is 5.69 Å². The van der Waals surface area contributed by atoms with Crippen molar-refractivity contribution >= 4 is 22.2 Å². The number of amides is 1. The number of hydrogen-bond acceptors (Lipinski definition) is 6. The van der Waals surface area contributed by atoms with E-state index in [9.17, 15) is 14.0 Å². The highest BCUT2D eigenvalue weighted by atomic mass is 32.1. The first-order chi connectivity index (χ1) is 16.0. The summed E-state index contributed by atoms with van der Waals surface area (Å²) in [4.78, 5) is 34.4. The minimum absolute atomic E-state index is 0.0396. The van der Waals surface area contributed by atoms with Gasteiger partial charge in [0.2, 0.25) is 4.96 Å². The molecule has 1 aliphatic rings. The Morgan fingerprint density at radius 3 is 2.52 bits per heavy atom. The minimum atomic E-state index is -0.386. The Morgan fingerprint density at radius 1 is 1.06 bits per heavy atom. The lowest BCUT2D eigenvalue weighted by Gasteiger charge is -2.34. The normalized spacial score (nSPS) is 14.7. The second-order valence-electron chi connectivity index (χ2n) is 8.10. The van der Waals surface area contributed by atoms with Crippen molar-refractivity contribution in [1.29, 1.82) is 0 Å². The van der Waals surface area contributed by atoms with Crippen LogP contribution in [0.4, 0.5) is 4.39 Å². The molecular formula is C24H22FN5O2S. The van der Waals surface area contributed by atoms with Gasteiger partial charge >= 0.3 is 0 Å². The summed E-state index contributed by atoms with van der Waals surface area (Å²) in [5.41, 5.74) is 2.52. The highest BCUT2D eigenvalue weighted by Gasteiger charge is 2.23. The smallest absolute Gasteiger partial charge is 0.275 e. The predicted octanol–water partition coefficient (Wildman–Crippen LogP) is 3.22. The summed E-state index contributed by atoms with van der Waals surface area (Å²) in [5.74, 6) is -0.347. The van der Waals surface area contributed by atoms with Gasteiger partial charge in [-0.05, 0) is 31.2 Å². The molecule has 33 heavy (non-hydrogen) atoms. The second kappa shape index (κ2) is 8.84. The maximum atomic E-state index is 14.1. The van der Waals surface area contributed by atoms with Crippen LogP contribution in [0.15, 0.2) is 59.4 Å². The Bertz CT molecular complexity index is 1370. The van der Waals surface area contributed by atoms with Gasteiger partial charge in [-0.2, -0.15) is 9.61 Å². The lowest BCUT2D eigenvalue weighted by molar-refractivity contribution is 0.0627. The third-order valence-corrected chi connectivity index (χ3v) is 6.69. The maximum absolute atomic E-state index is 14.1. The molecule has 0 bridgehead atoms. The van der Waals surface area contributed by atoms with E-state index in [4.69, 9.17) is 0 Å². The fraction of sp³-hybridized carbons (Fsp3) is 0.250. The van der Waals surface area contributed by atoms with Crippen molar-refractivity contribution in [2.24, 2.45) is 0 Å². The summed E-state index contributed by atoms with van der Waals surface area (Å²) in [6.07, 6.45) is 0. The zero-order valence-corrected chi connectivity index (χ0v) is 18.9. The number of nitrogens with zero attached hydrogens (tertiary/aromatic N) is 5. The fourth-order valence-electron chi connectivity index (χ4n) is 3.90. The third kappa shape index (κ3) is 4.42. The molecule has 1 aliphatic heterocycles. The van der Waals surface area contributed by atoms with Gasteiger partial charge in [-0.25, -0.2) is 9.37 Å². The molecular weight excluding hydrogens is 441 g/mol. The fourth-order valence-corrected chi connectivity index (χ4v) is 4.85. The van der Waals surface area contributed by atoms with Crippen LogP contribution in [-0.2, 0) is 6.54 Å². The number of halogens is 1. The number of carbonyl (C=O) groups is 1. The van der Waals surface area contributed by atoms with E-state index in [1.54, 1.807) is 18.2 Å². The van der Waals surface area contributed by atoms with E-state index in [1.807, 2.05) is 36.1 Å². The topological polar surface area (TPSA) is 70.8 Å². The van der Waals surface area contributed by atoms with Crippen molar-refractivity contribution in [3.63, 3.8) is 0 Å². The number of benzene rings is 2. The molecule has 7 nitrogen and oxygen atoms in total. The van der Waals surface area contributed by atoms with Crippen molar-refractivity contribution in [3.05, 3.63) is 87.6 Å². The molecule has 1 saturated heterocycles. The third-order valence-electron chi connectivity index (χ3n) is 5.75. The first kappa shape index (κ1) is 21.4. The minimum Gasteiger partial charge on any atom is -0.336 e. The standard InChI is InChI=1S/C24H22FN5O2S/c1-16-6-8-17(9-7-16)23(32)29-12-10-28(11-13-29)15-18-14-21(31)30-24(26-18)33-22(27-30)19-4-2-3-5-20(19)25/h2-9,14H,10-13,15H2,1H3. The number of rotatable bonds is 4. The van der Waals surface area contributed by atoms with Crippen LogP contribution in [0.5, 0.6) is 0 Å². The summed E-state index contributed by atoms with van der Waals surface area (Å²) >= 11 is 1.19. The van der Waals surface area contributed by atoms with Crippen LogP contribution in [0, 0.1) is 12.7 Å². The van der Waals surface area contributed by atoms with Crippen molar-refractivity contribution in [3.8, 4) is 10.6 Å². The molecule has 0 atom stereocenters. The highest BCUT2D eigenvalue weighted by Crippen LogP contribution is 2.26. The van der Waals surface area contributed by atoms with E-state index in [0.717, 1.165) is 5.56 Å². The molecule has 0 unspecified atom stereocenters. The molecule has 4 aromatic rings. The van der Waals surface area contributed by atoms with Crippen LogP contribution in [0.1, 0.15) is 21.6 Å². The lowest BCUT2D eigenvalue weighted by Crippen LogP contribution is -2.48. The van der Waals surface area contributed by atoms with Crippen LogP contribution in [0.3, 0.4) is 0 Å². The zero-order chi connectivity index (χ0) is 22.9. The summed E-state index contributed by atoms with van der Waals surface area (Å²) in [5, 5.41) is 4.67. The van der Waals surface area contributed by atoms with Gasteiger partial charge in [0.1, 0.15) is 5.82 Å². The quantitative estimate of drug-likeness (QED) is 0.465. The van der Waals surface area contributed by atoms with Gasteiger partial charge in [0.25, 0.3) is 11.5 Å². The first-order valence-electron chi connectivity index (χ1n) is 10.7. The largest absolute Gasteiger partial charge is 0.336 e. The number of piperazine rings is 1. The molecule has 3 heterocycles. The molecule has 2 aromatic heterocycles. The monoisotopic (exact) mass is 463 g/mol. The number of aromatic nitrogens is 3. The van der Waals surface area contributed by atoms with Crippen molar-refractivity contribution in [2.75, 3.05) is 26.2 Å². The van der Waals surface area contributed by atoms with Gasteiger partial charge in [-0.15, -0.1) is 0 Å². The molecule has 0 saturated carbocycles. The predicted molar refractivity (Wildman–Crippen MR) is 125 cm³/mol. The van der Waals surface area contributed by atoms with Crippen LogP contribution >= 0.6 is 11.3 Å². The van der Waals surface area contributed by atoms with E-state index >= 15 is 0 Å². The molecule has 0 radical (unpaired) electrons. The van der Waals surface area contributed by atoms with E-state index < -0.39 is 0 Å². The van der Waals surface area contributed by atoms with Crippen molar-refractivity contribution in [2.45, 2.75) is 13.5 Å². The first-order valence-corrected chi connectivity index (χ1v) is 11.5. The van der Waals surface area contributed by atoms with Gasteiger partial charge in [0.15, 0.2) is 5.01 Å². The Morgan fingerprint density at radius 2 is 1.79 bits per heavy atom. The SMILES string of the molecule is Cc1ccc(C(=O)N2CCN(Cc3cc(=O)n4nc(-c5ccccc5F)sc4n3)CC2)cc1. The summed E-state index contributed by atoms with van der Waals surface area (Å²) in [7, 11) is 0. The Balaban J connectivity index is 1.28. The van der Waals surface area contributed by atoms with Gasteiger partial charge in [-0.1, -0.05) is 41.2 Å². The number of carbonyl (C=O) groups excluding carboxylic acids is 1. The molecule has 9 heteroatoms. The molecule has 0 N–H and O–H groups in total. The van der Waals surface area contributed by atoms with E-state index in [1.165, 1.54) is 28.0 Å². The number of hydrogen-bond donors (Lipinski definition) is 0. The van der Waals surface area contributed by atoms with Crippen molar-refractivity contribution in [1.82, 2.24) is 24.4 Å². The molecule has 2 aromatic carbocycles. The van der Waals surface area contributed by atoms with E-state index in [0.29, 0.717) is 59.5 Å². The second-order valence-corrected chi connectivity index (χ2v) is 9.06. The van der Waals surface area contributed by atoms with E-state index in [-0.39, 0.29) is 17.3 Å². The zero-order valence-electron chi connectivity index (χ0n) is 18.1. The molecule has 0 aliphatic carbocycles. The highest BCUT2D eigenvalue weighted by molar-refractivity contribution is 7.19. The molecule has 0 spiro atoms. The van der Waals surface area contributed by atoms with Gasteiger partial charge < -0.3 is 4.90 Å². The van der Waals surface area contributed by atoms with Gasteiger partial charge in [-0.3, -0.25) is 14.5 Å². The Labute approximate surface area is 193 Å². The van der Waals surface area contributed by atoms with Crippen LogP contribution in [0.2, 0.25) is 0 Å². The molecule has 5 rings (SSSR count). The lowest BCUT2D eigenvalue weighted by atomic mass is 10.1. The number of aryl methyl sites for hydroxylation is 1. The van der Waals surface area contributed by atoms with Crippen LogP contribution < -0.4 is 5.56 Å². The Hall–Kier alpha value is -3.43. The average Bonchev–Trinajstić information content (AvgIpc) is 3.24. The summed E-state index contributed by atoms with van der Waals surface area (Å²) in [6, 6.07) is 15.4. The Kier molecular flexibility index (Phi) is 5.74. The number of fused-ring (bicyclic) bond motifs is 1. The van der Waals surface area contributed by atoms with Crippen molar-refractivity contribution < 1.29 is 9.18 Å². The summed E-state index contributed by atoms with van der Waals surface area (Å²) in [6.45, 7) is 5.13. The van der Waals surface area contributed by atoms with E-state index in [2.05, 4.69) is 15.0 Å². The molecule has 168 valence electrons.